The molecule has 1 amide bonds. The van der Waals surface area contributed by atoms with E-state index in [0.717, 1.165) is 37.2 Å². The van der Waals surface area contributed by atoms with Crippen molar-refractivity contribution in [3.05, 3.63) is 76.9 Å². The van der Waals surface area contributed by atoms with Gasteiger partial charge in [-0.25, -0.2) is 8.42 Å². The fourth-order valence-electron chi connectivity index (χ4n) is 6.11. The minimum atomic E-state index is -3.63. The molecule has 2 aliphatic rings. The van der Waals surface area contributed by atoms with Gasteiger partial charge in [-0.1, -0.05) is 63.5 Å². The SMILES string of the molecule is Cc1ccc(S(=O)(=O)c2ccc(CNC(=O)c3cc4c([nH]3)C3(CCCCCCCCCC3)CNC4)cc2)cn1. The van der Waals surface area contributed by atoms with Gasteiger partial charge < -0.3 is 15.6 Å². The van der Waals surface area contributed by atoms with Crippen molar-refractivity contribution in [1.29, 1.82) is 0 Å². The quantitative estimate of drug-likeness (QED) is 0.377. The number of carbonyl (C=O) groups excluding carboxylic acids is 1. The number of H-pyrrole nitrogens is 1. The molecule has 0 atom stereocenters. The second-order valence-electron chi connectivity index (χ2n) is 11.3. The molecule has 1 saturated carbocycles. The maximum absolute atomic E-state index is 13.1. The van der Waals surface area contributed by atoms with Crippen molar-refractivity contribution < 1.29 is 13.2 Å². The number of benzene rings is 1. The van der Waals surface area contributed by atoms with Crippen molar-refractivity contribution in [3.8, 4) is 0 Å². The molecule has 0 radical (unpaired) electrons. The van der Waals surface area contributed by atoms with E-state index in [2.05, 4.69) is 20.6 Å². The number of sulfone groups is 1. The summed E-state index contributed by atoms with van der Waals surface area (Å²) in [6.07, 6.45) is 14.1. The summed E-state index contributed by atoms with van der Waals surface area (Å²) in [6.45, 7) is 3.89. The lowest BCUT2D eigenvalue weighted by molar-refractivity contribution is 0.0946. The minimum Gasteiger partial charge on any atom is -0.354 e. The second-order valence-corrected chi connectivity index (χ2v) is 13.2. The summed E-state index contributed by atoms with van der Waals surface area (Å²) in [5.74, 6) is -0.140. The Hall–Kier alpha value is -2.97. The van der Waals surface area contributed by atoms with Crippen LogP contribution in [0.3, 0.4) is 0 Å². The molecule has 1 spiro atoms. The summed E-state index contributed by atoms with van der Waals surface area (Å²) in [6, 6.07) is 11.9. The zero-order chi connectivity index (χ0) is 27.3. The second kappa shape index (κ2) is 12.0. The number of fused-ring (bicyclic) bond motifs is 2. The summed E-state index contributed by atoms with van der Waals surface area (Å²) in [7, 11) is -3.63. The molecule has 0 bridgehead atoms. The molecular weight excluding hydrogens is 508 g/mol. The Balaban J connectivity index is 1.26. The van der Waals surface area contributed by atoms with E-state index in [1.807, 2.05) is 13.0 Å². The van der Waals surface area contributed by atoms with Crippen molar-refractivity contribution in [3.63, 3.8) is 0 Å². The summed E-state index contributed by atoms with van der Waals surface area (Å²) in [4.78, 5) is 21.2. The van der Waals surface area contributed by atoms with Gasteiger partial charge in [-0.05, 0) is 61.2 Å². The van der Waals surface area contributed by atoms with Gasteiger partial charge in [0.25, 0.3) is 5.91 Å². The van der Waals surface area contributed by atoms with Crippen molar-refractivity contribution >= 4 is 15.7 Å². The van der Waals surface area contributed by atoms with E-state index in [4.69, 9.17) is 0 Å². The van der Waals surface area contributed by atoms with Crippen molar-refractivity contribution in [2.45, 2.75) is 99.4 Å². The molecule has 3 aromatic rings. The van der Waals surface area contributed by atoms with Gasteiger partial charge in [-0.3, -0.25) is 9.78 Å². The highest BCUT2D eigenvalue weighted by atomic mass is 32.2. The predicted molar refractivity (Wildman–Crippen MR) is 152 cm³/mol. The van der Waals surface area contributed by atoms with E-state index >= 15 is 0 Å². The number of amides is 1. The standard InChI is InChI=1S/C31H40N4O3S/c1-23-10-13-27(21-33-23)39(37,38)26-14-11-24(12-15-26)19-34-30(36)28-18-25-20-32-22-31(29(25)35-28)16-8-6-4-2-3-5-7-9-17-31/h10-15,18,21,32,35H,2-9,16-17,19-20,22H2,1H3,(H,34,36). The summed E-state index contributed by atoms with van der Waals surface area (Å²) < 4.78 is 25.8. The highest BCUT2D eigenvalue weighted by Crippen LogP contribution is 2.40. The summed E-state index contributed by atoms with van der Waals surface area (Å²) >= 11 is 0. The fourth-order valence-corrected chi connectivity index (χ4v) is 7.31. The normalized spacial score (nSPS) is 18.2. The number of carbonyl (C=O) groups is 1. The molecule has 0 unspecified atom stereocenters. The molecule has 1 aliphatic heterocycles. The van der Waals surface area contributed by atoms with Crippen LogP contribution in [0, 0.1) is 6.92 Å². The first-order valence-electron chi connectivity index (χ1n) is 14.4. The predicted octanol–water partition coefficient (Wildman–Crippen LogP) is 5.74. The number of aromatic nitrogens is 2. The minimum absolute atomic E-state index is 0.0742. The molecule has 39 heavy (non-hydrogen) atoms. The van der Waals surface area contributed by atoms with E-state index in [1.54, 1.807) is 36.4 Å². The van der Waals surface area contributed by atoms with Gasteiger partial charge in [0.05, 0.1) is 9.79 Å². The van der Waals surface area contributed by atoms with Crippen LogP contribution in [0.5, 0.6) is 0 Å². The largest absolute Gasteiger partial charge is 0.354 e. The smallest absolute Gasteiger partial charge is 0.267 e. The Labute approximate surface area is 232 Å². The first-order chi connectivity index (χ1) is 18.9. The van der Waals surface area contributed by atoms with Crippen LogP contribution in [0.15, 0.2) is 58.5 Å². The molecule has 0 saturated heterocycles. The van der Waals surface area contributed by atoms with Crippen LogP contribution in [-0.2, 0) is 28.3 Å². The molecule has 7 nitrogen and oxygen atoms in total. The lowest BCUT2D eigenvalue weighted by atomic mass is 9.72. The fraction of sp³-hybridized carbons (Fsp3) is 0.484. The van der Waals surface area contributed by atoms with Gasteiger partial charge in [-0.2, -0.15) is 0 Å². The van der Waals surface area contributed by atoms with E-state index in [-0.39, 0.29) is 21.1 Å². The Morgan fingerprint density at radius 2 is 1.56 bits per heavy atom. The molecule has 3 N–H and O–H groups in total. The van der Waals surface area contributed by atoms with Crippen LogP contribution in [0.2, 0.25) is 0 Å². The molecular formula is C31H40N4O3S. The number of aromatic amines is 1. The van der Waals surface area contributed by atoms with Gasteiger partial charge in [0.2, 0.25) is 9.84 Å². The molecule has 1 fully saturated rings. The lowest BCUT2D eigenvalue weighted by Gasteiger charge is -2.38. The van der Waals surface area contributed by atoms with Gasteiger partial charge in [-0.15, -0.1) is 0 Å². The topological polar surface area (TPSA) is 104 Å². The van der Waals surface area contributed by atoms with Crippen LogP contribution < -0.4 is 10.6 Å². The van der Waals surface area contributed by atoms with Gasteiger partial charge in [0.1, 0.15) is 5.69 Å². The molecule has 1 aromatic carbocycles. The number of aryl methyl sites for hydroxylation is 1. The zero-order valence-electron chi connectivity index (χ0n) is 22.9. The first kappa shape index (κ1) is 27.6. The number of nitrogens with one attached hydrogen (secondary N) is 3. The van der Waals surface area contributed by atoms with Gasteiger partial charge in [0, 0.05) is 42.6 Å². The highest BCUT2D eigenvalue weighted by molar-refractivity contribution is 7.91. The number of rotatable bonds is 5. The van der Waals surface area contributed by atoms with Gasteiger partial charge >= 0.3 is 0 Å². The van der Waals surface area contributed by atoms with Crippen LogP contribution >= 0.6 is 0 Å². The average Bonchev–Trinajstić information content (AvgIpc) is 3.37. The first-order valence-corrected chi connectivity index (χ1v) is 15.8. The third-order valence-electron chi connectivity index (χ3n) is 8.40. The molecule has 3 heterocycles. The monoisotopic (exact) mass is 548 g/mol. The third kappa shape index (κ3) is 6.28. The summed E-state index contributed by atoms with van der Waals surface area (Å²) in [5, 5.41) is 6.65. The number of nitrogens with zero attached hydrogens (tertiary/aromatic N) is 1. The molecule has 2 aromatic heterocycles. The summed E-state index contributed by atoms with van der Waals surface area (Å²) in [5.41, 5.74) is 4.74. The van der Waals surface area contributed by atoms with E-state index in [0.29, 0.717) is 12.2 Å². The zero-order valence-corrected chi connectivity index (χ0v) is 23.7. The number of pyridine rings is 1. The average molecular weight is 549 g/mol. The van der Waals surface area contributed by atoms with E-state index in [9.17, 15) is 13.2 Å². The van der Waals surface area contributed by atoms with Crippen LogP contribution in [-0.4, -0.2) is 30.8 Å². The van der Waals surface area contributed by atoms with Crippen molar-refractivity contribution in [1.82, 2.24) is 20.6 Å². The highest BCUT2D eigenvalue weighted by Gasteiger charge is 2.38. The number of hydrogen-bond acceptors (Lipinski definition) is 5. The molecule has 8 heteroatoms. The molecule has 208 valence electrons. The Morgan fingerprint density at radius 1 is 0.923 bits per heavy atom. The Kier molecular flexibility index (Phi) is 8.52. The van der Waals surface area contributed by atoms with Crippen LogP contribution in [0.1, 0.15) is 97.2 Å². The van der Waals surface area contributed by atoms with E-state index < -0.39 is 9.84 Å². The molecule has 5 rings (SSSR count). The number of hydrogen-bond donors (Lipinski definition) is 3. The van der Waals surface area contributed by atoms with Crippen LogP contribution in [0.25, 0.3) is 0 Å². The Morgan fingerprint density at radius 3 is 2.21 bits per heavy atom. The maximum Gasteiger partial charge on any atom is 0.267 e. The molecule has 1 aliphatic carbocycles. The Bertz CT molecular complexity index is 1370. The maximum atomic E-state index is 13.1. The third-order valence-corrected chi connectivity index (χ3v) is 10.1. The lowest BCUT2D eigenvalue weighted by Crippen LogP contribution is -2.43. The van der Waals surface area contributed by atoms with Crippen molar-refractivity contribution in [2.24, 2.45) is 0 Å². The van der Waals surface area contributed by atoms with Crippen LogP contribution in [0.4, 0.5) is 0 Å². The van der Waals surface area contributed by atoms with Crippen molar-refractivity contribution in [2.75, 3.05) is 6.54 Å². The van der Waals surface area contributed by atoms with Gasteiger partial charge in [0.15, 0.2) is 0 Å². The van der Waals surface area contributed by atoms with E-state index in [1.165, 1.54) is 68.8 Å².